The number of pyridine rings is 1. The molecule has 0 saturated carbocycles. The van der Waals surface area contributed by atoms with Crippen molar-refractivity contribution in [2.24, 2.45) is 5.92 Å². The van der Waals surface area contributed by atoms with E-state index in [1.165, 1.54) is 5.39 Å². The minimum atomic E-state index is 0.0783. The van der Waals surface area contributed by atoms with Crippen LogP contribution < -0.4 is 4.90 Å². The topological polar surface area (TPSA) is 36.4 Å². The predicted octanol–water partition coefficient (Wildman–Crippen LogP) is 2.54. The van der Waals surface area contributed by atoms with Crippen LogP contribution in [0.3, 0.4) is 0 Å². The van der Waals surface area contributed by atoms with Crippen LogP contribution >= 0.6 is 0 Å². The fourth-order valence-corrected chi connectivity index (χ4v) is 3.09. The molecule has 3 rings (SSSR count). The van der Waals surface area contributed by atoms with E-state index in [-0.39, 0.29) is 11.8 Å². The van der Waals surface area contributed by atoms with Crippen LogP contribution in [0.25, 0.3) is 10.8 Å². The summed E-state index contributed by atoms with van der Waals surface area (Å²) < 4.78 is 0. The molecule has 4 heteroatoms. The summed E-state index contributed by atoms with van der Waals surface area (Å²) in [5.41, 5.74) is 0. The normalized spacial score (nSPS) is 18.8. The van der Waals surface area contributed by atoms with Crippen molar-refractivity contribution in [2.75, 3.05) is 32.1 Å². The van der Waals surface area contributed by atoms with Gasteiger partial charge in [-0.05, 0) is 24.3 Å². The number of hydrogen-bond donors (Lipinski definition) is 0. The summed E-state index contributed by atoms with van der Waals surface area (Å²) in [6, 6.07) is 10.3. The maximum Gasteiger partial charge on any atom is 0.226 e. The number of nitrogens with zero attached hydrogens (tertiary/aromatic N) is 3. The number of benzene rings is 1. The molecule has 1 aromatic carbocycles. The molecular formula is C17H21N3O. The Bertz CT molecular complexity index is 648. The summed E-state index contributed by atoms with van der Waals surface area (Å²) in [5.74, 6) is 1.30. The molecule has 1 fully saturated rings. The Labute approximate surface area is 125 Å². The number of fused-ring (bicyclic) bond motifs is 1. The first-order valence-electron chi connectivity index (χ1n) is 7.46. The van der Waals surface area contributed by atoms with Crippen molar-refractivity contribution in [3.05, 3.63) is 36.5 Å². The van der Waals surface area contributed by atoms with Crippen molar-refractivity contribution in [1.82, 2.24) is 9.88 Å². The van der Waals surface area contributed by atoms with E-state index in [0.717, 1.165) is 37.1 Å². The first kappa shape index (κ1) is 13.9. The molecule has 2 heterocycles. The number of amides is 1. The SMILES string of the molecule is CN(C)C(=O)C1CCCN(c2nccc3ccccc23)C1. The van der Waals surface area contributed by atoms with Crippen molar-refractivity contribution >= 4 is 22.5 Å². The van der Waals surface area contributed by atoms with Crippen molar-refractivity contribution in [3.63, 3.8) is 0 Å². The van der Waals surface area contributed by atoms with Crippen molar-refractivity contribution < 1.29 is 4.79 Å². The number of carbonyl (C=O) groups is 1. The van der Waals surface area contributed by atoms with Crippen LogP contribution in [0.4, 0.5) is 5.82 Å². The van der Waals surface area contributed by atoms with Crippen LogP contribution in [0.15, 0.2) is 36.5 Å². The highest BCUT2D eigenvalue weighted by atomic mass is 16.2. The molecule has 0 N–H and O–H groups in total. The van der Waals surface area contributed by atoms with Gasteiger partial charge in [0.25, 0.3) is 0 Å². The van der Waals surface area contributed by atoms with Gasteiger partial charge in [0.2, 0.25) is 5.91 Å². The van der Waals surface area contributed by atoms with Crippen LogP contribution in [0, 0.1) is 5.92 Å². The van der Waals surface area contributed by atoms with E-state index >= 15 is 0 Å². The first-order chi connectivity index (χ1) is 10.2. The van der Waals surface area contributed by atoms with Crippen LogP contribution in [-0.4, -0.2) is 43.0 Å². The van der Waals surface area contributed by atoms with Gasteiger partial charge in [0.05, 0.1) is 5.92 Å². The number of aromatic nitrogens is 1. The fraction of sp³-hybridized carbons (Fsp3) is 0.412. The molecule has 0 aliphatic carbocycles. The van der Waals surface area contributed by atoms with E-state index in [0.29, 0.717) is 0 Å². The molecule has 1 aliphatic rings. The molecule has 2 aromatic rings. The second-order valence-corrected chi connectivity index (χ2v) is 5.87. The van der Waals surface area contributed by atoms with E-state index < -0.39 is 0 Å². The highest BCUT2D eigenvalue weighted by Crippen LogP contribution is 2.28. The lowest BCUT2D eigenvalue weighted by Gasteiger charge is -2.34. The molecule has 1 atom stereocenters. The Balaban J connectivity index is 1.90. The minimum Gasteiger partial charge on any atom is -0.355 e. The van der Waals surface area contributed by atoms with E-state index in [4.69, 9.17) is 0 Å². The lowest BCUT2D eigenvalue weighted by molar-refractivity contribution is -0.133. The van der Waals surface area contributed by atoms with Crippen LogP contribution in [-0.2, 0) is 4.79 Å². The van der Waals surface area contributed by atoms with Crippen molar-refractivity contribution in [2.45, 2.75) is 12.8 Å². The third kappa shape index (κ3) is 2.71. The Hall–Kier alpha value is -2.10. The summed E-state index contributed by atoms with van der Waals surface area (Å²) in [5, 5.41) is 2.36. The van der Waals surface area contributed by atoms with Gasteiger partial charge >= 0.3 is 0 Å². The van der Waals surface area contributed by atoms with Gasteiger partial charge in [-0.3, -0.25) is 4.79 Å². The molecule has 1 unspecified atom stereocenters. The molecule has 110 valence electrons. The smallest absolute Gasteiger partial charge is 0.226 e. The zero-order valence-electron chi connectivity index (χ0n) is 12.6. The number of carbonyl (C=O) groups excluding carboxylic acids is 1. The molecule has 1 aromatic heterocycles. The largest absolute Gasteiger partial charge is 0.355 e. The van der Waals surface area contributed by atoms with Gasteiger partial charge in [0.15, 0.2) is 0 Å². The highest BCUT2D eigenvalue weighted by molar-refractivity contribution is 5.92. The lowest BCUT2D eigenvalue weighted by Crippen LogP contribution is -2.43. The van der Waals surface area contributed by atoms with E-state index in [1.54, 1.807) is 4.90 Å². The molecule has 1 aliphatic heterocycles. The second kappa shape index (κ2) is 5.72. The fourth-order valence-electron chi connectivity index (χ4n) is 3.09. The number of piperidine rings is 1. The predicted molar refractivity (Wildman–Crippen MR) is 85.4 cm³/mol. The number of anilines is 1. The van der Waals surface area contributed by atoms with Gasteiger partial charge in [-0.1, -0.05) is 24.3 Å². The van der Waals surface area contributed by atoms with Gasteiger partial charge in [0, 0.05) is 38.8 Å². The quantitative estimate of drug-likeness (QED) is 0.850. The first-order valence-corrected chi connectivity index (χ1v) is 7.46. The molecule has 1 amide bonds. The van der Waals surface area contributed by atoms with Crippen LogP contribution in [0.1, 0.15) is 12.8 Å². The minimum absolute atomic E-state index is 0.0783. The van der Waals surface area contributed by atoms with Crippen molar-refractivity contribution in [3.8, 4) is 0 Å². The third-order valence-electron chi connectivity index (χ3n) is 4.16. The molecule has 0 bridgehead atoms. The summed E-state index contributed by atoms with van der Waals surface area (Å²) >= 11 is 0. The van der Waals surface area contributed by atoms with E-state index in [9.17, 15) is 4.79 Å². The van der Waals surface area contributed by atoms with E-state index in [1.807, 2.05) is 38.5 Å². The Kier molecular flexibility index (Phi) is 3.78. The zero-order chi connectivity index (χ0) is 14.8. The second-order valence-electron chi connectivity index (χ2n) is 5.87. The lowest BCUT2D eigenvalue weighted by atomic mass is 9.96. The Morgan fingerprint density at radius 1 is 1.29 bits per heavy atom. The van der Waals surface area contributed by atoms with Crippen LogP contribution in [0.5, 0.6) is 0 Å². The highest BCUT2D eigenvalue weighted by Gasteiger charge is 2.28. The Morgan fingerprint density at radius 3 is 2.90 bits per heavy atom. The maximum atomic E-state index is 12.2. The molecule has 1 saturated heterocycles. The third-order valence-corrected chi connectivity index (χ3v) is 4.16. The zero-order valence-corrected chi connectivity index (χ0v) is 12.6. The summed E-state index contributed by atoms with van der Waals surface area (Å²) in [6.07, 6.45) is 3.86. The van der Waals surface area contributed by atoms with Gasteiger partial charge < -0.3 is 9.80 Å². The van der Waals surface area contributed by atoms with E-state index in [2.05, 4.69) is 22.0 Å². The average molecular weight is 283 g/mol. The maximum absolute atomic E-state index is 12.2. The number of hydrogen-bond acceptors (Lipinski definition) is 3. The molecule has 0 spiro atoms. The number of rotatable bonds is 2. The summed E-state index contributed by atoms with van der Waals surface area (Å²) in [4.78, 5) is 20.7. The van der Waals surface area contributed by atoms with Crippen molar-refractivity contribution in [1.29, 1.82) is 0 Å². The molecule has 21 heavy (non-hydrogen) atoms. The average Bonchev–Trinajstić information content (AvgIpc) is 2.53. The summed E-state index contributed by atoms with van der Waals surface area (Å²) in [6.45, 7) is 1.73. The molecule has 4 nitrogen and oxygen atoms in total. The van der Waals surface area contributed by atoms with Crippen LogP contribution in [0.2, 0.25) is 0 Å². The monoisotopic (exact) mass is 283 g/mol. The van der Waals surface area contributed by atoms with Gasteiger partial charge in [0.1, 0.15) is 5.82 Å². The van der Waals surface area contributed by atoms with Gasteiger partial charge in [-0.2, -0.15) is 0 Å². The Morgan fingerprint density at radius 2 is 2.10 bits per heavy atom. The standard InChI is InChI=1S/C17H21N3O/c1-19(2)17(21)14-7-5-11-20(12-14)16-15-8-4-3-6-13(15)9-10-18-16/h3-4,6,8-10,14H,5,7,11-12H2,1-2H3. The molecular weight excluding hydrogens is 262 g/mol. The molecule has 0 radical (unpaired) electrons. The summed E-state index contributed by atoms with van der Waals surface area (Å²) in [7, 11) is 3.66. The van der Waals surface area contributed by atoms with Gasteiger partial charge in [-0.25, -0.2) is 4.98 Å². The van der Waals surface area contributed by atoms with Gasteiger partial charge in [-0.15, -0.1) is 0 Å².